The summed E-state index contributed by atoms with van der Waals surface area (Å²) in [6.45, 7) is 1.77. The predicted molar refractivity (Wildman–Crippen MR) is 77.0 cm³/mol. The van der Waals surface area contributed by atoms with Crippen LogP contribution in [0.1, 0.15) is 24.5 Å². The monoisotopic (exact) mass is 327 g/mol. The quantitative estimate of drug-likeness (QED) is 0.625. The minimum absolute atomic E-state index is 0.137. The van der Waals surface area contributed by atoms with Gasteiger partial charge in [0.15, 0.2) is 0 Å². The normalized spacial score (nSPS) is 18.9. The molecular formula is C12H13Cl4NO. The maximum atomic E-state index is 10.4. The molecule has 18 heavy (non-hydrogen) atoms. The summed E-state index contributed by atoms with van der Waals surface area (Å²) in [5.41, 5.74) is 0.486. The third-order valence-corrected chi connectivity index (χ3v) is 4.87. The summed E-state index contributed by atoms with van der Waals surface area (Å²) in [6.07, 6.45) is 1.06. The minimum atomic E-state index is -0.707. The third kappa shape index (κ3) is 2.90. The Kier molecular flexibility index (Phi) is 5.04. The molecule has 100 valence electrons. The van der Waals surface area contributed by atoms with Gasteiger partial charge in [0.1, 0.15) is 0 Å². The summed E-state index contributed by atoms with van der Waals surface area (Å²) < 4.78 is 0. The number of nitrogens with one attached hydrogen (secondary N) is 1. The highest BCUT2D eigenvalue weighted by molar-refractivity contribution is 6.49. The van der Waals surface area contributed by atoms with Gasteiger partial charge in [0, 0.05) is 10.6 Å². The number of benzene rings is 1. The fraction of sp³-hybridized carbons (Fsp3) is 0.500. The van der Waals surface area contributed by atoms with Gasteiger partial charge in [-0.1, -0.05) is 46.4 Å². The van der Waals surface area contributed by atoms with Crippen LogP contribution in [-0.2, 0) is 0 Å². The van der Waals surface area contributed by atoms with Crippen LogP contribution < -0.4 is 5.32 Å². The standard InChI is InChI=1S/C12H13Cl4NO/c13-7-5-8(14)10(15)11(16)9(7)12(18)6-1-3-17-4-2-6/h5-6,12,17-18H,1-4H2. The fourth-order valence-electron chi connectivity index (χ4n) is 2.25. The van der Waals surface area contributed by atoms with Gasteiger partial charge in [0.2, 0.25) is 0 Å². The minimum Gasteiger partial charge on any atom is -0.388 e. The molecule has 0 aromatic heterocycles. The summed E-state index contributed by atoms with van der Waals surface area (Å²) in [7, 11) is 0. The molecule has 0 saturated carbocycles. The summed E-state index contributed by atoms with van der Waals surface area (Å²) in [4.78, 5) is 0. The van der Waals surface area contributed by atoms with Crippen LogP contribution in [-0.4, -0.2) is 18.2 Å². The summed E-state index contributed by atoms with van der Waals surface area (Å²) >= 11 is 24.1. The molecule has 2 nitrogen and oxygen atoms in total. The number of aliphatic hydroxyl groups is 1. The van der Waals surface area contributed by atoms with E-state index in [0.717, 1.165) is 25.9 Å². The average molecular weight is 329 g/mol. The van der Waals surface area contributed by atoms with Crippen molar-refractivity contribution < 1.29 is 5.11 Å². The highest BCUT2D eigenvalue weighted by Gasteiger charge is 2.28. The van der Waals surface area contributed by atoms with Crippen molar-refractivity contribution in [1.82, 2.24) is 5.32 Å². The van der Waals surface area contributed by atoms with Crippen molar-refractivity contribution in [1.29, 1.82) is 0 Å². The van der Waals surface area contributed by atoms with Crippen molar-refractivity contribution in [3.05, 3.63) is 31.7 Å². The number of hydrogen-bond acceptors (Lipinski definition) is 2. The average Bonchev–Trinajstić information content (AvgIpc) is 2.37. The van der Waals surface area contributed by atoms with Crippen molar-refractivity contribution in [3.63, 3.8) is 0 Å². The van der Waals surface area contributed by atoms with E-state index in [1.165, 1.54) is 6.07 Å². The van der Waals surface area contributed by atoms with Crippen LogP contribution >= 0.6 is 46.4 Å². The number of aliphatic hydroxyl groups excluding tert-OH is 1. The summed E-state index contributed by atoms with van der Waals surface area (Å²) in [5.74, 6) is 0.137. The second-order valence-corrected chi connectivity index (χ2v) is 5.98. The highest BCUT2D eigenvalue weighted by Crippen LogP contribution is 2.43. The maximum Gasteiger partial charge on any atom is 0.0848 e. The van der Waals surface area contributed by atoms with Gasteiger partial charge in [-0.15, -0.1) is 0 Å². The first kappa shape index (κ1) is 14.7. The number of rotatable bonds is 2. The second-order valence-electron chi connectivity index (χ2n) is 4.41. The lowest BCUT2D eigenvalue weighted by Gasteiger charge is -2.28. The van der Waals surface area contributed by atoms with E-state index in [0.29, 0.717) is 15.6 Å². The molecule has 1 aliphatic heterocycles. The SMILES string of the molecule is OC(c1c(Cl)cc(Cl)c(Cl)c1Cl)C1CCNCC1. The van der Waals surface area contributed by atoms with Gasteiger partial charge in [-0.25, -0.2) is 0 Å². The first-order chi connectivity index (χ1) is 8.52. The molecular weight excluding hydrogens is 316 g/mol. The van der Waals surface area contributed by atoms with E-state index in [-0.39, 0.29) is 16.0 Å². The van der Waals surface area contributed by atoms with Crippen molar-refractivity contribution in [2.75, 3.05) is 13.1 Å². The van der Waals surface area contributed by atoms with Gasteiger partial charge < -0.3 is 10.4 Å². The Labute approximate surface area is 126 Å². The van der Waals surface area contributed by atoms with Crippen molar-refractivity contribution in [2.24, 2.45) is 5.92 Å². The molecule has 1 aromatic rings. The fourth-order valence-corrected chi connectivity index (χ4v) is 3.39. The van der Waals surface area contributed by atoms with E-state index in [1.54, 1.807) is 0 Å². The van der Waals surface area contributed by atoms with Crippen LogP contribution in [0.3, 0.4) is 0 Å². The Balaban J connectivity index is 2.34. The molecule has 1 heterocycles. The van der Waals surface area contributed by atoms with Crippen molar-refractivity contribution in [2.45, 2.75) is 18.9 Å². The maximum absolute atomic E-state index is 10.4. The zero-order valence-electron chi connectivity index (χ0n) is 9.52. The van der Waals surface area contributed by atoms with Gasteiger partial charge >= 0.3 is 0 Å². The van der Waals surface area contributed by atoms with E-state index >= 15 is 0 Å². The lowest BCUT2D eigenvalue weighted by Crippen LogP contribution is -2.31. The van der Waals surface area contributed by atoms with Crippen LogP contribution in [0.4, 0.5) is 0 Å². The molecule has 0 amide bonds. The summed E-state index contributed by atoms with van der Waals surface area (Å²) in [5, 5.41) is 14.8. The molecule has 6 heteroatoms. The molecule has 1 aliphatic rings. The Hall–Kier alpha value is 0.300. The van der Waals surface area contributed by atoms with Gasteiger partial charge in [0.05, 0.1) is 21.2 Å². The topological polar surface area (TPSA) is 32.3 Å². The third-order valence-electron chi connectivity index (χ3n) is 3.28. The van der Waals surface area contributed by atoms with E-state index < -0.39 is 6.10 Å². The molecule has 2 rings (SSSR count). The highest BCUT2D eigenvalue weighted by atomic mass is 35.5. The second kappa shape index (κ2) is 6.17. The van der Waals surface area contributed by atoms with E-state index in [9.17, 15) is 5.11 Å². The van der Waals surface area contributed by atoms with Gasteiger partial charge in [-0.3, -0.25) is 0 Å². The molecule has 0 aliphatic carbocycles. The van der Waals surface area contributed by atoms with Crippen LogP contribution in [0.15, 0.2) is 6.07 Å². The van der Waals surface area contributed by atoms with Crippen molar-refractivity contribution in [3.8, 4) is 0 Å². The summed E-state index contributed by atoms with van der Waals surface area (Å²) in [6, 6.07) is 1.52. The molecule has 0 bridgehead atoms. The van der Waals surface area contributed by atoms with Crippen LogP contribution in [0.25, 0.3) is 0 Å². The van der Waals surface area contributed by atoms with Crippen LogP contribution in [0, 0.1) is 5.92 Å². The van der Waals surface area contributed by atoms with Gasteiger partial charge in [-0.05, 0) is 37.9 Å². The predicted octanol–water partition coefficient (Wildman–Crippen LogP) is 4.33. The molecule has 2 N–H and O–H groups in total. The molecule has 1 saturated heterocycles. The van der Waals surface area contributed by atoms with E-state index in [4.69, 9.17) is 46.4 Å². The Bertz CT molecular complexity index is 446. The Morgan fingerprint density at radius 2 is 1.67 bits per heavy atom. The van der Waals surface area contributed by atoms with Crippen LogP contribution in [0.2, 0.25) is 20.1 Å². The van der Waals surface area contributed by atoms with Crippen LogP contribution in [0.5, 0.6) is 0 Å². The smallest absolute Gasteiger partial charge is 0.0848 e. The van der Waals surface area contributed by atoms with Gasteiger partial charge in [0.25, 0.3) is 0 Å². The molecule has 0 spiro atoms. The molecule has 1 fully saturated rings. The number of halogens is 4. The zero-order valence-corrected chi connectivity index (χ0v) is 12.5. The zero-order chi connectivity index (χ0) is 13.3. The molecule has 1 aromatic carbocycles. The number of hydrogen-bond donors (Lipinski definition) is 2. The first-order valence-corrected chi connectivity index (χ1v) is 7.25. The molecule has 1 unspecified atom stereocenters. The number of piperidine rings is 1. The van der Waals surface area contributed by atoms with Gasteiger partial charge in [-0.2, -0.15) is 0 Å². The van der Waals surface area contributed by atoms with E-state index in [1.807, 2.05) is 0 Å². The van der Waals surface area contributed by atoms with E-state index in [2.05, 4.69) is 5.32 Å². The van der Waals surface area contributed by atoms with Crippen molar-refractivity contribution >= 4 is 46.4 Å². The lowest BCUT2D eigenvalue weighted by atomic mass is 9.88. The first-order valence-electron chi connectivity index (χ1n) is 5.74. The largest absolute Gasteiger partial charge is 0.388 e. The molecule has 0 radical (unpaired) electrons. The lowest BCUT2D eigenvalue weighted by molar-refractivity contribution is 0.0891. The molecule has 1 atom stereocenters. The Morgan fingerprint density at radius 3 is 2.28 bits per heavy atom. The Morgan fingerprint density at radius 1 is 1.06 bits per heavy atom.